The molecule has 1 saturated heterocycles. The lowest BCUT2D eigenvalue weighted by molar-refractivity contribution is -0.187. The van der Waals surface area contributed by atoms with Gasteiger partial charge in [0.2, 0.25) is 0 Å². The van der Waals surface area contributed by atoms with Gasteiger partial charge in [0.1, 0.15) is 6.10 Å². The Morgan fingerprint density at radius 2 is 2.11 bits per heavy atom. The smallest absolute Gasteiger partial charge is 0.308 e. The van der Waals surface area contributed by atoms with Crippen molar-refractivity contribution >= 4 is 5.97 Å². The fourth-order valence-electron chi connectivity index (χ4n) is 2.25. The monoisotopic (exact) mass is 264 g/mol. The molecule has 4 heteroatoms. The van der Waals surface area contributed by atoms with Gasteiger partial charge in [0.15, 0.2) is 0 Å². The number of benzene rings is 1. The minimum absolute atomic E-state index is 0.000566. The number of ether oxygens (including phenoxy) is 3. The zero-order valence-electron chi connectivity index (χ0n) is 11.4. The molecule has 0 bridgehead atoms. The molecule has 19 heavy (non-hydrogen) atoms. The third kappa shape index (κ3) is 3.78. The van der Waals surface area contributed by atoms with E-state index in [1.54, 1.807) is 6.92 Å². The fraction of sp³-hybridized carbons (Fsp3) is 0.533. The number of carbonyl (C=O) groups excluding carboxylic acids is 1. The maximum absolute atomic E-state index is 11.6. The summed E-state index contributed by atoms with van der Waals surface area (Å²) in [5.41, 5.74) is 1.03. The third-order valence-electron chi connectivity index (χ3n) is 3.06. The van der Waals surface area contributed by atoms with E-state index in [1.807, 2.05) is 37.3 Å². The van der Waals surface area contributed by atoms with Crippen molar-refractivity contribution in [3.8, 4) is 0 Å². The van der Waals surface area contributed by atoms with Gasteiger partial charge in [-0.25, -0.2) is 0 Å². The molecule has 1 heterocycles. The second kappa shape index (κ2) is 6.68. The molecule has 4 nitrogen and oxygen atoms in total. The summed E-state index contributed by atoms with van der Waals surface area (Å²) < 4.78 is 16.7. The summed E-state index contributed by atoms with van der Waals surface area (Å²) in [5, 5.41) is 0. The Hall–Kier alpha value is -1.39. The van der Waals surface area contributed by atoms with Crippen LogP contribution in [-0.2, 0) is 19.0 Å². The number of rotatable bonds is 4. The number of carbonyl (C=O) groups is 1. The lowest BCUT2D eigenvalue weighted by atomic mass is 10.0. The quantitative estimate of drug-likeness (QED) is 0.784. The number of hydrogen-bond donors (Lipinski definition) is 0. The Bertz CT molecular complexity index is 404. The first kappa shape index (κ1) is 14.0. The van der Waals surface area contributed by atoms with Crippen molar-refractivity contribution < 1.29 is 19.0 Å². The summed E-state index contributed by atoms with van der Waals surface area (Å²) in [6.45, 7) is 4.67. The van der Waals surface area contributed by atoms with E-state index in [0.717, 1.165) is 5.56 Å². The van der Waals surface area contributed by atoms with Crippen LogP contribution in [0.25, 0.3) is 0 Å². The molecule has 0 saturated carbocycles. The highest BCUT2D eigenvalue weighted by atomic mass is 16.6. The second-order valence-corrected chi connectivity index (χ2v) is 4.66. The fourth-order valence-corrected chi connectivity index (χ4v) is 2.25. The van der Waals surface area contributed by atoms with Crippen molar-refractivity contribution in [3.05, 3.63) is 35.9 Å². The Labute approximate surface area is 113 Å². The van der Waals surface area contributed by atoms with Crippen molar-refractivity contribution in [1.29, 1.82) is 0 Å². The summed E-state index contributed by atoms with van der Waals surface area (Å²) in [5.74, 6) is -0.244. The first-order valence-electron chi connectivity index (χ1n) is 6.68. The van der Waals surface area contributed by atoms with Gasteiger partial charge in [-0.05, 0) is 19.4 Å². The van der Waals surface area contributed by atoms with Gasteiger partial charge in [0.25, 0.3) is 0 Å². The molecular formula is C15H20O4. The third-order valence-corrected chi connectivity index (χ3v) is 3.06. The summed E-state index contributed by atoms with van der Waals surface area (Å²) >= 11 is 0. The number of hydrogen-bond acceptors (Lipinski definition) is 4. The minimum atomic E-state index is -0.287. The highest BCUT2D eigenvalue weighted by Gasteiger charge is 2.33. The molecule has 104 valence electrons. The Balaban J connectivity index is 2.08. The average molecular weight is 264 g/mol. The Morgan fingerprint density at radius 3 is 2.79 bits per heavy atom. The van der Waals surface area contributed by atoms with E-state index >= 15 is 0 Å². The first-order chi connectivity index (χ1) is 9.20. The first-order valence-corrected chi connectivity index (χ1v) is 6.68. The van der Waals surface area contributed by atoms with Crippen LogP contribution in [0.15, 0.2) is 30.3 Å². The van der Waals surface area contributed by atoms with Gasteiger partial charge < -0.3 is 14.2 Å². The lowest BCUT2D eigenvalue weighted by Crippen LogP contribution is -2.38. The maximum Gasteiger partial charge on any atom is 0.308 e. The predicted molar refractivity (Wildman–Crippen MR) is 70.7 cm³/mol. The zero-order chi connectivity index (χ0) is 13.7. The molecule has 2 rings (SSSR count). The van der Waals surface area contributed by atoms with E-state index in [2.05, 4.69) is 0 Å². The van der Waals surface area contributed by atoms with Gasteiger partial charge in [0, 0.05) is 0 Å². The largest absolute Gasteiger partial charge is 0.466 e. The molecule has 0 spiro atoms. The zero-order valence-corrected chi connectivity index (χ0v) is 11.4. The van der Waals surface area contributed by atoms with Crippen LogP contribution in [0.3, 0.4) is 0 Å². The van der Waals surface area contributed by atoms with E-state index in [0.29, 0.717) is 13.2 Å². The highest BCUT2D eigenvalue weighted by Crippen LogP contribution is 2.30. The molecule has 0 N–H and O–H groups in total. The summed E-state index contributed by atoms with van der Waals surface area (Å²) in [7, 11) is 0. The second-order valence-electron chi connectivity index (χ2n) is 4.66. The van der Waals surface area contributed by atoms with E-state index in [4.69, 9.17) is 14.2 Å². The van der Waals surface area contributed by atoms with Crippen LogP contribution in [0.2, 0.25) is 0 Å². The van der Waals surface area contributed by atoms with Crippen molar-refractivity contribution in [3.63, 3.8) is 0 Å². The van der Waals surface area contributed by atoms with Crippen molar-refractivity contribution in [2.24, 2.45) is 0 Å². The van der Waals surface area contributed by atoms with Crippen molar-refractivity contribution in [1.82, 2.24) is 0 Å². The van der Waals surface area contributed by atoms with Gasteiger partial charge in [-0.1, -0.05) is 30.3 Å². The Morgan fingerprint density at radius 1 is 1.37 bits per heavy atom. The van der Waals surface area contributed by atoms with Crippen LogP contribution in [-0.4, -0.2) is 31.4 Å². The van der Waals surface area contributed by atoms with Crippen LogP contribution in [0.1, 0.15) is 31.9 Å². The van der Waals surface area contributed by atoms with Crippen LogP contribution in [0, 0.1) is 0 Å². The maximum atomic E-state index is 11.6. The molecule has 1 aromatic rings. The summed E-state index contributed by atoms with van der Waals surface area (Å²) in [6.07, 6.45) is -0.274. The topological polar surface area (TPSA) is 44.8 Å². The van der Waals surface area contributed by atoms with Crippen LogP contribution < -0.4 is 0 Å². The standard InChI is InChI=1S/C15H20O4/c1-3-17-14(16)9-13-15(18-10-11(2)19-13)12-7-5-4-6-8-12/h4-8,11,13,15H,3,9-10H2,1-2H3/t11-,13+,15+/m0/s1. The summed E-state index contributed by atoms with van der Waals surface area (Å²) in [6, 6.07) is 9.84. The molecule has 0 amide bonds. The van der Waals surface area contributed by atoms with Crippen molar-refractivity contribution in [2.75, 3.05) is 13.2 Å². The SMILES string of the molecule is CCOC(=O)C[C@H]1O[C@@H](C)CO[C@@H]1c1ccccc1. The van der Waals surface area contributed by atoms with E-state index in [9.17, 15) is 4.79 Å². The highest BCUT2D eigenvalue weighted by molar-refractivity contribution is 5.70. The Kier molecular flexibility index (Phi) is 4.93. The van der Waals surface area contributed by atoms with Gasteiger partial charge >= 0.3 is 5.97 Å². The molecule has 0 aromatic heterocycles. The molecule has 1 fully saturated rings. The van der Waals surface area contributed by atoms with Gasteiger partial charge in [-0.15, -0.1) is 0 Å². The molecule has 3 atom stereocenters. The molecular weight excluding hydrogens is 244 g/mol. The number of esters is 1. The van der Waals surface area contributed by atoms with Crippen LogP contribution in [0.4, 0.5) is 0 Å². The molecule has 1 aliphatic heterocycles. The van der Waals surface area contributed by atoms with Gasteiger partial charge in [0.05, 0.1) is 31.8 Å². The van der Waals surface area contributed by atoms with E-state index in [1.165, 1.54) is 0 Å². The van der Waals surface area contributed by atoms with Crippen molar-refractivity contribution in [2.45, 2.75) is 38.6 Å². The molecule has 0 aliphatic carbocycles. The van der Waals surface area contributed by atoms with Gasteiger partial charge in [-0.3, -0.25) is 4.79 Å². The summed E-state index contributed by atoms with van der Waals surface area (Å²) in [4.78, 5) is 11.6. The molecule has 1 aromatic carbocycles. The molecule has 0 unspecified atom stereocenters. The normalized spacial score (nSPS) is 26.9. The molecule has 1 aliphatic rings. The minimum Gasteiger partial charge on any atom is -0.466 e. The predicted octanol–water partition coefficient (Wildman–Crippen LogP) is 2.48. The van der Waals surface area contributed by atoms with Crippen LogP contribution >= 0.6 is 0 Å². The van der Waals surface area contributed by atoms with E-state index in [-0.39, 0.29) is 30.7 Å². The van der Waals surface area contributed by atoms with Crippen LogP contribution in [0.5, 0.6) is 0 Å². The van der Waals surface area contributed by atoms with E-state index < -0.39 is 0 Å². The molecule has 0 radical (unpaired) electrons. The van der Waals surface area contributed by atoms with Gasteiger partial charge in [-0.2, -0.15) is 0 Å². The average Bonchev–Trinajstić information content (AvgIpc) is 2.40. The lowest BCUT2D eigenvalue weighted by Gasteiger charge is -2.35.